The highest BCUT2D eigenvalue weighted by molar-refractivity contribution is 7.80. The minimum Gasteiger partial charge on any atom is -0.399 e. The fourth-order valence-electron chi connectivity index (χ4n) is 2.00. The van der Waals surface area contributed by atoms with Crippen LogP contribution in [0.2, 0.25) is 0 Å². The van der Waals surface area contributed by atoms with Crippen molar-refractivity contribution < 1.29 is 13.7 Å². The van der Waals surface area contributed by atoms with Crippen LogP contribution in [-0.4, -0.2) is 29.6 Å². The Morgan fingerprint density at radius 1 is 1.32 bits per heavy atom. The lowest BCUT2D eigenvalue weighted by atomic mass is 9.76. The third kappa shape index (κ3) is 3.45. The zero-order valence-electron chi connectivity index (χ0n) is 13.0. The average Bonchev–Trinajstić information content (AvgIpc) is 2.59. The van der Waals surface area contributed by atoms with Gasteiger partial charge in [0.1, 0.15) is 5.82 Å². The third-order valence-electron chi connectivity index (χ3n) is 3.93. The summed E-state index contributed by atoms with van der Waals surface area (Å²) < 4.78 is 25.5. The number of hydrazone groups is 1. The van der Waals surface area contributed by atoms with Gasteiger partial charge >= 0.3 is 7.12 Å². The molecular formula is C14H19BFN3O2S. The molecule has 0 atom stereocenters. The summed E-state index contributed by atoms with van der Waals surface area (Å²) in [5.74, 6) is -0.371. The van der Waals surface area contributed by atoms with E-state index in [1.54, 1.807) is 6.07 Å². The average molecular weight is 323 g/mol. The van der Waals surface area contributed by atoms with Crippen LogP contribution in [0.4, 0.5) is 4.39 Å². The molecule has 3 N–H and O–H groups in total. The number of rotatable bonds is 3. The molecule has 22 heavy (non-hydrogen) atoms. The molecule has 0 bridgehead atoms. The molecule has 1 aromatic carbocycles. The normalized spacial score (nSPS) is 19.6. The van der Waals surface area contributed by atoms with E-state index in [0.29, 0.717) is 11.0 Å². The predicted molar refractivity (Wildman–Crippen MR) is 89.6 cm³/mol. The first kappa shape index (κ1) is 16.9. The summed E-state index contributed by atoms with van der Waals surface area (Å²) in [7, 11) is -0.674. The zero-order valence-corrected chi connectivity index (χ0v) is 13.8. The number of halogens is 1. The van der Waals surface area contributed by atoms with E-state index in [0.717, 1.165) is 0 Å². The molecule has 0 aliphatic carbocycles. The monoisotopic (exact) mass is 323 g/mol. The second kappa shape index (κ2) is 5.94. The highest BCUT2D eigenvalue weighted by atomic mass is 32.1. The maximum atomic E-state index is 13.6. The Balaban J connectivity index is 2.33. The molecule has 0 unspecified atom stereocenters. The summed E-state index contributed by atoms with van der Waals surface area (Å²) in [5.41, 5.74) is 7.98. The maximum absolute atomic E-state index is 13.6. The Kier molecular flexibility index (Phi) is 4.55. The van der Waals surface area contributed by atoms with Gasteiger partial charge in [0.2, 0.25) is 0 Å². The van der Waals surface area contributed by atoms with Crippen LogP contribution in [0.25, 0.3) is 0 Å². The van der Waals surface area contributed by atoms with Gasteiger partial charge in [-0.1, -0.05) is 6.07 Å². The second-order valence-corrected chi connectivity index (χ2v) is 6.54. The summed E-state index contributed by atoms with van der Waals surface area (Å²) in [4.78, 5) is 0. The van der Waals surface area contributed by atoms with Crippen molar-refractivity contribution in [2.45, 2.75) is 38.9 Å². The standard InChI is InChI=1S/C14H19BFN3O2S/c1-13(2)14(3,4)21-15(20-13)11-7-10(16)6-5-9(11)8-18-19-12(17)22/h5-8H,1-4H3,(H3,17,19,22). The van der Waals surface area contributed by atoms with Gasteiger partial charge < -0.3 is 15.0 Å². The molecule has 0 aromatic heterocycles. The molecule has 1 aromatic rings. The highest BCUT2D eigenvalue weighted by Crippen LogP contribution is 2.36. The number of nitrogens with zero attached hydrogens (tertiary/aromatic N) is 1. The van der Waals surface area contributed by atoms with Crippen LogP contribution >= 0.6 is 12.2 Å². The molecule has 0 spiro atoms. The Bertz CT molecular complexity index is 606. The number of nitrogens with two attached hydrogens (primary N) is 1. The van der Waals surface area contributed by atoms with E-state index in [9.17, 15) is 4.39 Å². The lowest BCUT2D eigenvalue weighted by molar-refractivity contribution is 0.00578. The second-order valence-electron chi connectivity index (χ2n) is 6.10. The molecule has 1 fully saturated rings. The van der Waals surface area contributed by atoms with E-state index in [1.807, 2.05) is 27.7 Å². The lowest BCUT2D eigenvalue weighted by Crippen LogP contribution is -2.41. The Labute approximate surface area is 135 Å². The first-order valence-corrected chi connectivity index (χ1v) is 7.27. The maximum Gasteiger partial charge on any atom is 0.495 e. The van der Waals surface area contributed by atoms with Crippen LogP contribution in [0.15, 0.2) is 23.3 Å². The number of benzene rings is 1. The van der Waals surface area contributed by atoms with Gasteiger partial charge in [-0.05, 0) is 63.1 Å². The molecule has 1 aliphatic heterocycles. The van der Waals surface area contributed by atoms with Crippen LogP contribution in [-0.2, 0) is 9.31 Å². The van der Waals surface area contributed by atoms with Crippen LogP contribution < -0.4 is 16.6 Å². The Morgan fingerprint density at radius 3 is 2.45 bits per heavy atom. The minimum atomic E-state index is -0.674. The van der Waals surface area contributed by atoms with Crippen molar-refractivity contribution in [3.05, 3.63) is 29.6 Å². The van der Waals surface area contributed by atoms with Gasteiger partial charge in [0, 0.05) is 0 Å². The fourth-order valence-corrected chi connectivity index (χ4v) is 2.06. The van der Waals surface area contributed by atoms with Gasteiger partial charge in [0.15, 0.2) is 5.11 Å². The van der Waals surface area contributed by atoms with E-state index in [1.165, 1.54) is 18.3 Å². The molecule has 1 heterocycles. The van der Waals surface area contributed by atoms with E-state index >= 15 is 0 Å². The third-order valence-corrected chi connectivity index (χ3v) is 4.03. The summed E-state index contributed by atoms with van der Waals surface area (Å²) in [6, 6.07) is 4.32. The number of thiocarbonyl (C=S) groups is 1. The molecule has 1 saturated heterocycles. The molecule has 5 nitrogen and oxygen atoms in total. The van der Waals surface area contributed by atoms with Gasteiger partial charge in [-0.25, -0.2) is 4.39 Å². The van der Waals surface area contributed by atoms with Crippen molar-refractivity contribution in [2.24, 2.45) is 10.8 Å². The van der Waals surface area contributed by atoms with Gasteiger partial charge in [-0.2, -0.15) is 5.10 Å². The Morgan fingerprint density at radius 2 is 1.91 bits per heavy atom. The summed E-state index contributed by atoms with van der Waals surface area (Å²) in [5, 5.41) is 3.95. The first-order chi connectivity index (χ1) is 10.1. The van der Waals surface area contributed by atoms with Crippen molar-refractivity contribution in [2.75, 3.05) is 0 Å². The number of hydrogen-bond donors (Lipinski definition) is 2. The fraction of sp³-hybridized carbons (Fsp3) is 0.429. The predicted octanol–water partition coefficient (Wildman–Crippen LogP) is 1.29. The van der Waals surface area contributed by atoms with Crippen molar-refractivity contribution >= 4 is 36.1 Å². The lowest BCUT2D eigenvalue weighted by Gasteiger charge is -2.32. The van der Waals surface area contributed by atoms with E-state index < -0.39 is 18.3 Å². The van der Waals surface area contributed by atoms with Gasteiger partial charge in [0.25, 0.3) is 0 Å². The molecule has 1 aliphatic rings. The smallest absolute Gasteiger partial charge is 0.399 e. The number of nitrogens with one attached hydrogen (secondary N) is 1. The largest absolute Gasteiger partial charge is 0.495 e. The van der Waals surface area contributed by atoms with Crippen LogP contribution in [0.5, 0.6) is 0 Å². The van der Waals surface area contributed by atoms with Crippen molar-refractivity contribution in [1.82, 2.24) is 5.43 Å². The van der Waals surface area contributed by atoms with Crippen LogP contribution in [0, 0.1) is 5.82 Å². The van der Waals surface area contributed by atoms with Crippen molar-refractivity contribution in [3.8, 4) is 0 Å². The van der Waals surface area contributed by atoms with Crippen LogP contribution in [0.3, 0.4) is 0 Å². The van der Waals surface area contributed by atoms with E-state index in [4.69, 9.17) is 15.0 Å². The van der Waals surface area contributed by atoms with Crippen LogP contribution in [0.1, 0.15) is 33.3 Å². The molecule has 0 radical (unpaired) electrons. The summed E-state index contributed by atoms with van der Waals surface area (Å²) in [6.45, 7) is 7.76. The van der Waals surface area contributed by atoms with Gasteiger partial charge in [0.05, 0.1) is 17.4 Å². The first-order valence-electron chi connectivity index (χ1n) is 6.86. The van der Waals surface area contributed by atoms with Crippen molar-refractivity contribution in [1.29, 1.82) is 0 Å². The number of hydrogen-bond acceptors (Lipinski definition) is 4. The topological polar surface area (TPSA) is 68.9 Å². The molecule has 8 heteroatoms. The summed E-state index contributed by atoms with van der Waals surface area (Å²) in [6.07, 6.45) is 1.50. The van der Waals surface area contributed by atoms with Gasteiger partial charge in [-0.3, -0.25) is 5.43 Å². The molecule has 118 valence electrons. The van der Waals surface area contributed by atoms with Crippen molar-refractivity contribution in [3.63, 3.8) is 0 Å². The quantitative estimate of drug-likeness (QED) is 0.380. The molecule has 2 rings (SSSR count). The zero-order chi connectivity index (χ0) is 16.5. The van der Waals surface area contributed by atoms with E-state index in [2.05, 4.69) is 22.7 Å². The molecular weight excluding hydrogens is 304 g/mol. The minimum absolute atomic E-state index is 0.0514. The van der Waals surface area contributed by atoms with E-state index in [-0.39, 0.29) is 10.9 Å². The summed E-state index contributed by atoms with van der Waals surface area (Å²) >= 11 is 4.68. The SMILES string of the molecule is CC1(C)OB(c2cc(F)ccc2C=NNC(N)=S)OC1(C)C. The molecule has 0 amide bonds. The molecule has 0 saturated carbocycles. The Hall–Kier alpha value is -1.51. The van der Waals surface area contributed by atoms with Gasteiger partial charge in [-0.15, -0.1) is 0 Å². The highest BCUT2D eigenvalue weighted by Gasteiger charge is 2.52.